The van der Waals surface area contributed by atoms with Crippen LogP contribution < -0.4 is 0 Å². The number of allylic oxidation sites excluding steroid dienone is 2. The molecule has 0 saturated carbocycles. The molecule has 0 spiro atoms. The highest BCUT2D eigenvalue weighted by atomic mass is 16.5. The number of phenolic OH excluding ortho intramolecular Hbond substituents is 2. The Balaban J connectivity index is 1.83. The summed E-state index contributed by atoms with van der Waals surface area (Å²) in [4.78, 5) is 2.39. The van der Waals surface area contributed by atoms with Gasteiger partial charge < -0.3 is 19.8 Å². The van der Waals surface area contributed by atoms with Gasteiger partial charge in [-0.25, -0.2) is 0 Å². The molecule has 0 aromatic heterocycles. The fraction of sp³-hybridized carbons (Fsp3) is 0.364. The predicted octanol–water partition coefficient (Wildman–Crippen LogP) is 4.38. The molecule has 0 unspecified atom stereocenters. The molecule has 1 saturated heterocycles. The van der Waals surface area contributed by atoms with Gasteiger partial charge in [-0.15, -0.1) is 0 Å². The summed E-state index contributed by atoms with van der Waals surface area (Å²) in [6.07, 6.45) is 4.23. The second-order valence-corrected chi connectivity index (χ2v) is 6.99. The van der Waals surface area contributed by atoms with E-state index >= 15 is 0 Å². The van der Waals surface area contributed by atoms with Crippen molar-refractivity contribution in [1.29, 1.82) is 0 Å². The van der Waals surface area contributed by atoms with Crippen molar-refractivity contribution in [3.8, 4) is 22.6 Å². The van der Waals surface area contributed by atoms with Crippen molar-refractivity contribution >= 4 is 5.57 Å². The Hall–Kier alpha value is -2.46. The van der Waals surface area contributed by atoms with E-state index in [9.17, 15) is 10.2 Å². The standard InChI is InChI=1S/C22H25NO3/c24-17-14-19(16-6-2-1-3-7-16)22(25)20(15-17)18-8-4-5-9-21(18)23-10-12-26-13-11-23/h1-3,6-7,14-15,24-25H,4-5,8-13H2. The maximum atomic E-state index is 11.0. The third kappa shape index (κ3) is 3.29. The second-order valence-electron chi connectivity index (χ2n) is 6.99. The van der Waals surface area contributed by atoms with E-state index in [4.69, 9.17) is 4.74 Å². The molecule has 0 amide bonds. The van der Waals surface area contributed by atoms with E-state index in [0.717, 1.165) is 56.7 Å². The van der Waals surface area contributed by atoms with Gasteiger partial charge in [0.1, 0.15) is 11.5 Å². The number of aromatic hydroxyl groups is 2. The van der Waals surface area contributed by atoms with Crippen LogP contribution >= 0.6 is 0 Å². The smallest absolute Gasteiger partial charge is 0.131 e. The van der Waals surface area contributed by atoms with Gasteiger partial charge in [0.2, 0.25) is 0 Å². The summed E-state index contributed by atoms with van der Waals surface area (Å²) in [7, 11) is 0. The van der Waals surface area contributed by atoms with Crippen LogP contribution in [0.5, 0.6) is 11.5 Å². The van der Waals surface area contributed by atoms with E-state index in [1.54, 1.807) is 12.1 Å². The summed E-state index contributed by atoms with van der Waals surface area (Å²) in [6, 6.07) is 13.1. The molecule has 2 aromatic rings. The molecule has 4 nitrogen and oxygen atoms in total. The average molecular weight is 351 g/mol. The first-order valence-electron chi connectivity index (χ1n) is 9.40. The molecule has 26 heavy (non-hydrogen) atoms. The van der Waals surface area contributed by atoms with Crippen LogP contribution in [-0.2, 0) is 4.74 Å². The molecule has 2 aromatic carbocycles. The molecule has 1 aliphatic carbocycles. The summed E-state index contributed by atoms with van der Waals surface area (Å²) >= 11 is 0. The number of hydrogen-bond donors (Lipinski definition) is 2. The lowest BCUT2D eigenvalue weighted by atomic mass is 9.87. The fourth-order valence-electron chi connectivity index (χ4n) is 4.05. The van der Waals surface area contributed by atoms with Gasteiger partial charge in [0, 0.05) is 29.9 Å². The Bertz CT molecular complexity index is 808. The molecule has 2 N–H and O–H groups in total. The van der Waals surface area contributed by atoms with Crippen molar-refractivity contribution < 1.29 is 14.9 Å². The largest absolute Gasteiger partial charge is 0.508 e. The lowest BCUT2D eigenvalue weighted by Crippen LogP contribution is -2.36. The molecule has 0 atom stereocenters. The molecule has 1 heterocycles. The van der Waals surface area contributed by atoms with Crippen LogP contribution in [0.15, 0.2) is 48.2 Å². The van der Waals surface area contributed by atoms with Crippen molar-refractivity contribution in [2.45, 2.75) is 25.7 Å². The minimum absolute atomic E-state index is 0.191. The highest BCUT2D eigenvalue weighted by Gasteiger charge is 2.24. The molecule has 4 rings (SSSR count). The lowest BCUT2D eigenvalue weighted by Gasteiger charge is -2.35. The summed E-state index contributed by atoms with van der Waals surface area (Å²) in [5.41, 5.74) is 4.83. The Morgan fingerprint density at radius 1 is 0.846 bits per heavy atom. The summed E-state index contributed by atoms with van der Waals surface area (Å²) in [6.45, 7) is 3.28. The zero-order chi connectivity index (χ0) is 17.9. The van der Waals surface area contributed by atoms with Crippen LogP contribution in [0.1, 0.15) is 31.2 Å². The predicted molar refractivity (Wildman–Crippen MR) is 103 cm³/mol. The quantitative estimate of drug-likeness (QED) is 0.806. The van der Waals surface area contributed by atoms with Crippen LogP contribution in [0.3, 0.4) is 0 Å². The van der Waals surface area contributed by atoms with E-state index < -0.39 is 0 Å². The normalized spacial score (nSPS) is 18.2. The molecule has 1 fully saturated rings. The van der Waals surface area contributed by atoms with Gasteiger partial charge in [0.05, 0.1) is 13.2 Å². The van der Waals surface area contributed by atoms with E-state index in [-0.39, 0.29) is 11.5 Å². The van der Waals surface area contributed by atoms with Crippen molar-refractivity contribution in [1.82, 2.24) is 4.90 Å². The Morgan fingerprint density at radius 2 is 1.54 bits per heavy atom. The number of rotatable bonds is 3. The molecular formula is C22H25NO3. The first-order valence-corrected chi connectivity index (χ1v) is 9.40. The summed E-state index contributed by atoms with van der Waals surface area (Å²) in [5.74, 6) is 0.452. The van der Waals surface area contributed by atoms with Gasteiger partial charge in [-0.3, -0.25) is 0 Å². The van der Waals surface area contributed by atoms with Crippen LogP contribution in [0.2, 0.25) is 0 Å². The zero-order valence-corrected chi connectivity index (χ0v) is 14.9. The Morgan fingerprint density at radius 3 is 2.31 bits per heavy atom. The average Bonchev–Trinajstić information content (AvgIpc) is 2.71. The molecular weight excluding hydrogens is 326 g/mol. The first kappa shape index (κ1) is 17.0. The van der Waals surface area contributed by atoms with Gasteiger partial charge in [-0.05, 0) is 49.0 Å². The maximum absolute atomic E-state index is 11.0. The number of morpholine rings is 1. The highest BCUT2D eigenvalue weighted by Crippen LogP contribution is 2.44. The van der Waals surface area contributed by atoms with Crippen molar-refractivity contribution in [3.63, 3.8) is 0 Å². The number of ether oxygens (including phenoxy) is 1. The number of hydrogen-bond acceptors (Lipinski definition) is 4. The van der Waals surface area contributed by atoms with E-state index in [1.165, 1.54) is 17.7 Å². The monoisotopic (exact) mass is 351 g/mol. The van der Waals surface area contributed by atoms with Crippen LogP contribution in [0, 0.1) is 0 Å². The zero-order valence-electron chi connectivity index (χ0n) is 14.9. The van der Waals surface area contributed by atoms with Crippen molar-refractivity contribution in [2.24, 2.45) is 0 Å². The van der Waals surface area contributed by atoms with E-state index in [2.05, 4.69) is 4.90 Å². The fourth-order valence-corrected chi connectivity index (χ4v) is 4.05. The topological polar surface area (TPSA) is 52.9 Å². The van der Waals surface area contributed by atoms with Gasteiger partial charge in [0.25, 0.3) is 0 Å². The minimum Gasteiger partial charge on any atom is -0.508 e. The summed E-state index contributed by atoms with van der Waals surface area (Å²) < 4.78 is 5.50. The molecule has 136 valence electrons. The molecule has 0 radical (unpaired) electrons. The number of benzene rings is 2. The minimum atomic E-state index is 0.191. The van der Waals surface area contributed by atoms with E-state index in [0.29, 0.717) is 5.56 Å². The van der Waals surface area contributed by atoms with Crippen molar-refractivity contribution in [3.05, 3.63) is 53.7 Å². The van der Waals surface area contributed by atoms with Crippen molar-refractivity contribution in [2.75, 3.05) is 26.3 Å². The second kappa shape index (κ2) is 7.42. The maximum Gasteiger partial charge on any atom is 0.131 e. The summed E-state index contributed by atoms with van der Waals surface area (Å²) in [5, 5.41) is 21.4. The third-order valence-electron chi connectivity index (χ3n) is 5.34. The van der Waals surface area contributed by atoms with Gasteiger partial charge in [-0.2, -0.15) is 0 Å². The van der Waals surface area contributed by atoms with E-state index in [1.807, 2.05) is 30.3 Å². The third-order valence-corrected chi connectivity index (χ3v) is 5.34. The van der Waals surface area contributed by atoms with Crippen LogP contribution in [-0.4, -0.2) is 41.4 Å². The molecule has 4 heteroatoms. The number of nitrogens with zero attached hydrogens (tertiary/aromatic N) is 1. The Kier molecular flexibility index (Phi) is 4.85. The molecule has 0 bridgehead atoms. The Labute approximate surface area is 154 Å². The number of phenols is 2. The van der Waals surface area contributed by atoms with Crippen LogP contribution in [0.4, 0.5) is 0 Å². The molecule has 2 aliphatic rings. The lowest BCUT2D eigenvalue weighted by molar-refractivity contribution is 0.0517. The van der Waals surface area contributed by atoms with Gasteiger partial charge in [-0.1, -0.05) is 30.3 Å². The highest BCUT2D eigenvalue weighted by molar-refractivity contribution is 5.83. The van der Waals surface area contributed by atoms with Crippen LogP contribution in [0.25, 0.3) is 16.7 Å². The SMILES string of the molecule is Oc1cc(C2=C(N3CCOCC3)CCCC2)c(O)c(-c2ccccc2)c1. The molecule has 1 aliphatic heterocycles. The van der Waals surface area contributed by atoms with Gasteiger partial charge >= 0.3 is 0 Å². The van der Waals surface area contributed by atoms with Gasteiger partial charge in [0.15, 0.2) is 0 Å². The first-order chi connectivity index (χ1) is 12.7.